The molecule has 7 heteroatoms. The third kappa shape index (κ3) is 4.49. The molecule has 5 nitrogen and oxygen atoms in total. The summed E-state index contributed by atoms with van der Waals surface area (Å²) in [5.41, 5.74) is 0.624. The van der Waals surface area contributed by atoms with E-state index in [9.17, 15) is 4.79 Å². The van der Waals surface area contributed by atoms with Gasteiger partial charge in [0.2, 0.25) is 0 Å². The SMILES string of the molecule is Cn1cc(C(=O)CSN(I)CCO)cn1. The highest BCUT2D eigenvalue weighted by Gasteiger charge is 2.10. The quantitative estimate of drug-likeness (QED) is 0.361. The Hall–Kier alpha value is -0.120. The van der Waals surface area contributed by atoms with Gasteiger partial charge in [0, 0.05) is 42.7 Å². The van der Waals surface area contributed by atoms with E-state index >= 15 is 0 Å². The van der Waals surface area contributed by atoms with E-state index in [0.29, 0.717) is 17.9 Å². The fourth-order valence-electron chi connectivity index (χ4n) is 0.920. The number of hydrogen-bond donors (Lipinski definition) is 1. The van der Waals surface area contributed by atoms with E-state index in [0.717, 1.165) is 0 Å². The van der Waals surface area contributed by atoms with Gasteiger partial charge in [-0.3, -0.25) is 9.48 Å². The second-order valence-electron chi connectivity index (χ2n) is 2.86. The predicted octanol–water partition coefficient (Wildman–Crippen LogP) is 0.895. The lowest BCUT2D eigenvalue weighted by Gasteiger charge is -2.09. The topological polar surface area (TPSA) is 58.4 Å². The van der Waals surface area contributed by atoms with Gasteiger partial charge in [-0.05, 0) is 0 Å². The van der Waals surface area contributed by atoms with Crippen LogP contribution in [0.25, 0.3) is 0 Å². The van der Waals surface area contributed by atoms with Crippen molar-refractivity contribution in [1.82, 2.24) is 12.3 Å². The van der Waals surface area contributed by atoms with Gasteiger partial charge in [0.15, 0.2) is 5.78 Å². The summed E-state index contributed by atoms with van der Waals surface area (Å²) in [6.45, 7) is 0.641. The molecule has 1 N–H and O–H groups in total. The first-order valence-corrected chi connectivity index (χ1v) is 6.23. The smallest absolute Gasteiger partial charge is 0.177 e. The van der Waals surface area contributed by atoms with Crippen molar-refractivity contribution in [2.24, 2.45) is 7.05 Å². The Morgan fingerprint density at radius 2 is 2.53 bits per heavy atom. The van der Waals surface area contributed by atoms with Crippen LogP contribution in [0, 0.1) is 0 Å². The Labute approximate surface area is 106 Å². The standard InChI is InChI=1S/C8H12IN3O2S/c1-11-5-7(4-10-11)8(14)6-15-12(9)2-3-13/h4-5,13H,2-3,6H2,1H3. The first-order valence-electron chi connectivity index (χ1n) is 4.32. The zero-order valence-electron chi connectivity index (χ0n) is 8.26. The molecule has 1 heterocycles. The number of aliphatic hydroxyl groups excluding tert-OH is 1. The molecule has 0 unspecified atom stereocenters. The lowest BCUT2D eigenvalue weighted by Crippen LogP contribution is -2.11. The molecule has 0 spiro atoms. The summed E-state index contributed by atoms with van der Waals surface area (Å²) in [6, 6.07) is 0. The van der Waals surface area contributed by atoms with Crippen LogP contribution in [0.5, 0.6) is 0 Å². The highest BCUT2D eigenvalue weighted by atomic mass is 127. The molecule has 0 amide bonds. The first-order chi connectivity index (χ1) is 7.13. The molecule has 84 valence electrons. The molecule has 15 heavy (non-hydrogen) atoms. The summed E-state index contributed by atoms with van der Waals surface area (Å²) in [5.74, 6) is 0.418. The van der Waals surface area contributed by atoms with Crippen molar-refractivity contribution in [1.29, 1.82) is 0 Å². The number of carbonyl (C=O) groups is 1. The molecule has 0 atom stereocenters. The molecule has 0 saturated heterocycles. The molecule has 0 radical (unpaired) electrons. The Bertz CT molecular complexity index is 331. The molecule has 1 aromatic rings. The first kappa shape index (κ1) is 12.9. The summed E-state index contributed by atoms with van der Waals surface area (Å²) in [5, 5.41) is 12.6. The van der Waals surface area contributed by atoms with E-state index in [1.54, 1.807) is 24.1 Å². The van der Waals surface area contributed by atoms with Crippen LogP contribution in [0.15, 0.2) is 12.4 Å². The molecule has 0 aliphatic carbocycles. The average Bonchev–Trinajstić information content (AvgIpc) is 2.62. The summed E-state index contributed by atoms with van der Waals surface area (Å²) in [6.07, 6.45) is 3.26. The van der Waals surface area contributed by atoms with E-state index in [1.807, 2.05) is 2.52 Å². The molecular weight excluding hydrogens is 329 g/mol. The third-order valence-corrected chi connectivity index (χ3v) is 3.81. The maximum Gasteiger partial charge on any atom is 0.177 e. The number of hydrogen-bond acceptors (Lipinski definition) is 5. The maximum atomic E-state index is 11.6. The number of carbonyl (C=O) groups excluding carboxylic acids is 1. The van der Waals surface area contributed by atoms with E-state index in [1.165, 1.54) is 11.9 Å². The Balaban J connectivity index is 2.36. The summed E-state index contributed by atoms with van der Waals surface area (Å²) >= 11 is 3.45. The molecule has 0 aliphatic rings. The van der Waals surface area contributed by atoms with Gasteiger partial charge in [-0.1, -0.05) is 11.9 Å². The van der Waals surface area contributed by atoms with Gasteiger partial charge in [-0.25, -0.2) is 0 Å². The summed E-state index contributed by atoms with van der Waals surface area (Å²) in [7, 11) is 1.78. The van der Waals surface area contributed by atoms with Crippen molar-refractivity contribution in [2.45, 2.75) is 0 Å². The lowest BCUT2D eigenvalue weighted by molar-refractivity contribution is 0.102. The van der Waals surface area contributed by atoms with Crippen LogP contribution >= 0.6 is 34.8 Å². The molecule has 0 fully saturated rings. The molecule has 1 rings (SSSR count). The fraction of sp³-hybridized carbons (Fsp3) is 0.500. The molecular formula is C8H12IN3O2S. The Kier molecular flexibility index (Phi) is 5.58. The molecule has 0 aromatic carbocycles. The number of Topliss-reactive ketones (excluding diaryl/α,β-unsaturated/α-hetero) is 1. The van der Waals surface area contributed by atoms with Crippen LogP contribution in [-0.2, 0) is 7.05 Å². The van der Waals surface area contributed by atoms with E-state index in [2.05, 4.69) is 28.0 Å². The van der Waals surface area contributed by atoms with Crippen molar-refractivity contribution in [3.63, 3.8) is 0 Å². The molecule has 0 aliphatic heterocycles. The Morgan fingerprint density at radius 3 is 3.07 bits per heavy atom. The zero-order chi connectivity index (χ0) is 11.3. The molecule has 0 bridgehead atoms. The average molecular weight is 341 g/mol. The number of aliphatic hydroxyl groups is 1. The monoisotopic (exact) mass is 341 g/mol. The Morgan fingerprint density at radius 1 is 1.80 bits per heavy atom. The van der Waals surface area contributed by atoms with Crippen LogP contribution in [0.3, 0.4) is 0 Å². The number of ketones is 1. The van der Waals surface area contributed by atoms with E-state index in [4.69, 9.17) is 5.11 Å². The molecule has 1 aromatic heterocycles. The van der Waals surface area contributed by atoms with Gasteiger partial charge >= 0.3 is 0 Å². The third-order valence-electron chi connectivity index (χ3n) is 1.64. The van der Waals surface area contributed by atoms with E-state index < -0.39 is 0 Å². The minimum absolute atomic E-state index is 0.0488. The highest BCUT2D eigenvalue weighted by Crippen LogP contribution is 2.16. The fourth-order valence-corrected chi connectivity index (χ4v) is 2.19. The van der Waals surface area contributed by atoms with Gasteiger partial charge in [-0.15, -0.1) is 0 Å². The second kappa shape index (κ2) is 6.46. The van der Waals surface area contributed by atoms with E-state index in [-0.39, 0.29) is 12.4 Å². The van der Waals surface area contributed by atoms with Crippen molar-refractivity contribution in [3.05, 3.63) is 18.0 Å². The van der Waals surface area contributed by atoms with Gasteiger partial charge in [-0.2, -0.15) is 7.62 Å². The van der Waals surface area contributed by atoms with Crippen molar-refractivity contribution in [2.75, 3.05) is 18.9 Å². The van der Waals surface area contributed by atoms with Gasteiger partial charge in [0.1, 0.15) is 0 Å². The number of rotatable bonds is 6. The van der Waals surface area contributed by atoms with Crippen molar-refractivity contribution in [3.8, 4) is 0 Å². The maximum absolute atomic E-state index is 11.6. The van der Waals surface area contributed by atoms with Crippen molar-refractivity contribution < 1.29 is 9.90 Å². The number of aromatic nitrogens is 2. The second-order valence-corrected chi connectivity index (χ2v) is 5.67. The van der Waals surface area contributed by atoms with Crippen molar-refractivity contribution >= 4 is 40.6 Å². The van der Waals surface area contributed by atoms with Crippen LogP contribution in [0.1, 0.15) is 10.4 Å². The largest absolute Gasteiger partial charge is 0.395 e. The molecule has 0 saturated carbocycles. The van der Waals surface area contributed by atoms with Crippen LogP contribution < -0.4 is 0 Å². The normalized spacial score (nSPS) is 10.9. The van der Waals surface area contributed by atoms with Gasteiger partial charge in [0.05, 0.1) is 24.1 Å². The number of halogens is 1. The minimum Gasteiger partial charge on any atom is -0.395 e. The van der Waals surface area contributed by atoms with Gasteiger partial charge < -0.3 is 5.11 Å². The summed E-state index contributed by atoms with van der Waals surface area (Å²) < 4.78 is 3.42. The highest BCUT2D eigenvalue weighted by molar-refractivity contribution is 14.1. The van der Waals surface area contributed by atoms with Gasteiger partial charge in [0.25, 0.3) is 0 Å². The number of aryl methyl sites for hydroxylation is 1. The lowest BCUT2D eigenvalue weighted by atomic mass is 10.3. The zero-order valence-corrected chi connectivity index (χ0v) is 11.2. The van der Waals surface area contributed by atoms with Crippen LogP contribution in [0.2, 0.25) is 0 Å². The summed E-state index contributed by atoms with van der Waals surface area (Å²) in [4.78, 5) is 11.6. The minimum atomic E-state index is 0.0488. The number of nitrogens with zero attached hydrogens (tertiary/aromatic N) is 3. The van der Waals surface area contributed by atoms with Crippen LogP contribution in [0.4, 0.5) is 0 Å². The van der Waals surface area contributed by atoms with Crippen LogP contribution in [-0.4, -0.2) is 42.1 Å². The predicted molar refractivity (Wildman–Crippen MR) is 67.8 cm³/mol.